The summed E-state index contributed by atoms with van der Waals surface area (Å²) in [5, 5.41) is 9.51. The van der Waals surface area contributed by atoms with E-state index in [1.54, 1.807) is 26.4 Å². The third kappa shape index (κ3) is 5.03. The summed E-state index contributed by atoms with van der Waals surface area (Å²) in [4.78, 5) is 24.8. The van der Waals surface area contributed by atoms with Crippen LogP contribution in [0.5, 0.6) is 11.5 Å². The lowest BCUT2D eigenvalue weighted by molar-refractivity contribution is -0.116. The van der Waals surface area contributed by atoms with Gasteiger partial charge in [-0.05, 0) is 42.1 Å². The van der Waals surface area contributed by atoms with Gasteiger partial charge in [-0.1, -0.05) is 36.4 Å². The first-order valence-electron chi connectivity index (χ1n) is 10.7. The van der Waals surface area contributed by atoms with Crippen molar-refractivity contribution in [3.8, 4) is 22.8 Å². The van der Waals surface area contributed by atoms with E-state index in [1.807, 2.05) is 54.6 Å². The van der Waals surface area contributed by atoms with Gasteiger partial charge in [0, 0.05) is 35.7 Å². The lowest BCUT2D eigenvalue weighted by atomic mass is 10.1. The number of carbonyl (C=O) groups excluding carboxylic acids is 1. The molecule has 1 aromatic heterocycles. The summed E-state index contributed by atoms with van der Waals surface area (Å²) in [7, 11) is 3.14. The van der Waals surface area contributed by atoms with Crippen molar-refractivity contribution < 1.29 is 14.3 Å². The van der Waals surface area contributed by atoms with Gasteiger partial charge in [0.15, 0.2) is 11.5 Å². The van der Waals surface area contributed by atoms with Gasteiger partial charge in [-0.15, -0.1) is 0 Å². The average molecular weight is 444 g/mol. The summed E-state index contributed by atoms with van der Waals surface area (Å²) >= 11 is 0. The second kappa shape index (κ2) is 9.99. The molecule has 0 saturated heterocycles. The fourth-order valence-electron chi connectivity index (χ4n) is 3.70. The zero-order chi connectivity index (χ0) is 23.2. The Balaban J connectivity index is 1.42. The van der Waals surface area contributed by atoms with Crippen molar-refractivity contribution in [3.63, 3.8) is 0 Å². The van der Waals surface area contributed by atoms with Gasteiger partial charge in [-0.3, -0.25) is 9.59 Å². The number of ether oxygens (including phenoxy) is 2. The number of carbonyl (C=O) groups is 1. The van der Waals surface area contributed by atoms with Gasteiger partial charge in [-0.2, -0.15) is 5.10 Å². The second-order valence-electron chi connectivity index (χ2n) is 7.53. The van der Waals surface area contributed by atoms with E-state index < -0.39 is 0 Å². The number of methoxy groups -OCH3 is 2. The van der Waals surface area contributed by atoms with Crippen molar-refractivity contribution in [2.45, 2.75) is 19.4 Å². The van der Waals surface area contributed by atoms with E-state index >= 15 is 0 Å². The third-order valence-electron chi connectivity index (χ3n) is 5.38. The molecule has 0 aliphatic heterocycles. The zero-order valence-corrected chi connectivity index (χ0v) is 18.6. The first kappa shape index (κ1) is 22.1. The topological polar surface area (TPSA) is 82.5 Å². The predicted octanol–water partition coefficient (Wildman–Crippen LogP) is 4.50. The first-order valence-corrected chi connectivity index (χ1v) is 10.7. The van der Waals surface area contributed by atoms with Crippen LogP contribution in [0.25, 0.3) is 22.0 Å². The summed E-state index contributed by atoms with van der Waals surface area (Å²) < 4.78 is 12.0. The molecular weight excluding hydrogens is 418 g/mol. The minimum absolute atomic E-state index is 0.101. The van der Waals surface area contributed by atoms with Crippen LogP contribution >= 0.6 is 0 Å². The molecule has 0 atom stereocenters. The number of anilines is 1. The molecule has 1 heterocycles. The van der Waals surface area contributed by atoms with E-state index in [2.05, 4.69) is 10.4 Å². The Hall–Kier alpha value is -4.13. The smallest absolute Gasteiger partial charge is 0.266 e. The maximum atomic E-state index is 12.5. The molecule has 3 aromatic carbocycles. The standard InChI is InChI=1S/C26H25N3O4/c1-32-23-14-12-19(17-24(23)33-2)21-13-15-26(31)29(28-21)16-6-11-25(30)27-22-10-5-8-18-7-3-4-9-20(18)22/h3-5,7-10,12-15,17H,6,11,16H2,1-2H3,(H,27,30). The highest BCUT2D eigenvalue weighted by Crippen LogP contribution is 2.31. The lowest BCUT2D eigenvalue weighted by Crippen LogP contribution is -2.23. The molecule has 4 aromatic rings. The van der Waals surface area contributed by atoms with E-state index in [9.17, 15) is 9.59 Å². The molecule has 7 nitrogen and oxygen atoms in total. The van der Waals surface area contributed by atoms with Gasteiger partial charge < -0.3 is 14.8 Å². The summed E-state index contributed by atoms with van der Waals surface area (Å²) in [6.07, 6.45) is 0.761. The van der Waals surface area contributed by atoms with Crippen LogP contribution < -0.4 is 20.3 Å². The summed E-state index contributed by atoms with van der Waals surface area (Å²) in [6.45, 7) is 0.336. The zero-order valence-electron chi connectivity index (χ0n) is 18.6. The molecule has 0 radical (unpaired) electrons. The van der Waals surface area contributed by atoms with Crippen LogP contribution in [-0.2, 0) is 11.3 Å². The summed E-state index contributed by atoms with van der Waals surface area (Å²) in [6, 6.07) is 22.3. The summed E-state index contributed by atoms with van der Waals surface area (Å²) in [5.41, 5.74) is 2.00. The fourth-order valence-corrected chi connectivity index (χ4v) is 3.70. The van der Waals surface area contributed by atoms with Crippen LogP contribution in [-0.4, -0.2) is 29.9 Å². The SMILES string of the molecule is COc1ccc(-c2ccc(=O)n(CCCC(=O)Nc3cccc4ccccc34)n2)cc1OC. The van der Waals surface area contributed by atoms with E-state index in [1.165, 1.54) is 10.7 Å². The van der Waals surface area contributed by atoms with Gasteiger partial charge >= 0.3 is 0 Å². The van der Waals surface area contributed by atoms with Crippen molar-refractivity contribution in [1.29, 1.82) is 0 Å². The quantitative estimate of drug-likeness (QED) is 0.434. The molecule has 168 valence electrons. The van der Waals surface area contributed by atoms with Crippen LogP contribution in [0.4, 0.5) is 5.69 Å². The molecule has 0 saturated carbocycles. The van der Waals surface area contributed by atoms with Crippen LogP contribution in [0.3, 0.4) is 0 Å². The van der Waals surface area contributed by atoms with Gasteiger partial charge in [0.25, 0.3) is 5.56 Å². The van der Waals surface area contributed by atoms with E-state index in [0.717, 1.165) is 22.0 Å². The molecular formula is C26H25N3O4. The highest BCUT2D eigenvalue weighted by atomic mass is 16.5. The van der Waals surface area contributed by atoms with E-state index in [4.69, 9.17) is 9.47 Å². The molecule has 0 aliphatic carbocycles. The Morgan fingerprint density at radius 3 is 2.55 bits per heavy atom. The highest BCUT2D eigenvalue weighted by Gasteiger charge is 2.10. The predicted molar refractivity (Wildman–Crippen MR) is 129 cm³/mol. The second-order valence-corrected chi connectivity index (χ2v) is 7.53. The van der Waals surface area contributed by atoms with Crippen LogP contribution in [0.2, 0.25) is 0 Å². The fraction of sp³-hybridized carbons (Fsp3) is 0.192. The number of nitrogens with one attached hydrogen (secondary N) is 1. The molecule has 7 heteroatoms. The van der Waals surface area contributed by atoms with Gasteiger partial charge in [0.05, 0.1) is 19.9 Å². The molecule has 0 aliphatic rings. The van der Waals surface area contributed by atoms with Crippen LogP contribution in [0.15, 0.2) is 77.6 Å². The molecule has 33 heavy (non-hydrogen) atoms. The summed E-state index contributed by atoms with van der Waals surface area (Å²) in [5.74, 6) is 1.10. The number of fused-ring (bicyclic) bond motifs is 1. The van der Waals surface area contributed by atoms with Crippen LogP contribution in [0, 0.1) is 0 Å². The lowest BCUT2D eigenvalue weighted by Gasteiger charge is -2.11. The number of benzene rings is 3. The molecule has 4 rings (SSSR count). The number of nitrogens with zero attached hydrogens (tertiary/aromatic N) is 2. The van der Waals surface area contributed by atoms with Crippen molar-refractivity contribution >= 4 is 22.4 Å². The van der Waals surface area contributed by atoms with E-state index in [0.29, 0.717) is 30.2 Å². The Morgan fingerprint density at radius 1 is 0.939 bits per heavy atom. The van der Waals surface area contributed by atoms with Gasteiger partial charge in [0.1, 0.15) is 0 Å². The molecule has 1 N–H and O–H groups in total. The third-order valence-corrected chi connectivity index (χ3v) is 5.38. The first-order chi connectivity index (χ1) is 16.1. The Labute approximate surface area is 191 Å². The molecule has 1 amide bonds. The Bertz CT molecular complexity index is 1340. The normalized spacial score (nSPS) is 10.7. The van der Waals surface area contributed by atoms with Gasteiger partial charge in [-0.25, -0.2) is 4.68 Å². The van der Waals surface area contributed by atoms with Crippen molar-refractivity contribution in [3.05, 3.63) is 83.2 Å². The highest BCUT2D eigenvalue weighted by molar-refractivity contribution is 6.02. The molecule has 0 unspecified atom stereocenters. The molecule has 0 fully saturated rings. The molecule has 0 bridgehead atoms. The number of amides is 1. The molecule has 0 spiro atoms. The van der Waals surface area contributed by atoms with Crippen molar-refractivity contribution in [2.75, 3.05) is 19.5 Å². The number of hydrogen-bond donors (Lipinski definition) is 1. The van der Waals surface area contributed by atoms with Crippen molar-refractivity contribution in [1.82, 2.24) is 9.78 Å². The minimum Gasteiger partial charge on any atom is -0.493 e. The monoisotopic (exact) mass is 443 g/mol. The van der Waals surface area contributed by atoms with Crippen molar-refractivity contribution in [2.24, 2.45) is 0 Å². The van der Waals surface area contributed by atoms with Crippen LogP contribution in [0.1, 0.15) is 12.8 Å². The van der Waals surface area contributed by atoms with Gasteiger partial charge in [0.2, 0.25) is 5.91 Å². The maximum Gasteiger partial charge on any atom is 0.266 e. The number of aromatic nitrogens is 2. The largest absolute Gasteiger partial charge is 0.493 e. The average Bonchev–Trinajstić information content (AvgIpc) is 2.85. The number of rotatable bonds is 8. The maximum absolute atomic E-state index is 12.5. The Morgan fingerprint density at radius 2 is 1.73 bits per heavy atom. The number of hydrogen-bond acceptors (Lipinski definition) is 5. The minimum atomic E-state index is -0.214. The van der Waals surface area contributed by atoms with E-state index in [-0.39, 0.29) is 17.9 Å². The number of aryl methyl sites for hydroxylation is 1. The Kier molecular flexibility index (Phi) is 6.69.